The molecule has 0 aromatic rings. The van der Waals surface area contributed by atoms with Crippen molar-refractivity contribution in [3.63, 3.8) is 0 Å². The number of hydrogen-bond donors (Lipinski definition) is 1. The van der Waals surface area contributed by atoms with Gasteiger partial charge in [0.25, 0.3) is 0 Å². The first-order valence-corrected chi connectivity index (χ1v) is 5.25. The molecule has 0 bridgehead atoms. The molecule has 0 spiro atoms. The van der Waals surface area contributed by atoms with Crippen molar-refractivity contribution in [3.05, 3.63) is 12.2 Å². The Labute approximate surface area is 89.7 Å². The first-order chi connectivity index (χ1) is 7.13. The molecule has 1 N–H and O–H groups in total. The molecule has 0 heterocycles. The highest BCUT2D eigenvalue weighted by Gasteiger charge is 2.26. The lowest BCUT2D eigenvalue weighted by atomic mass is 10.1. The van der Waals surface area contributed by atoms with Gasteiger partial charge in [-0.25, -0.2) is 0 Å². The Morgan fingerprint density at radius 2 is 2.20 bits per heavy atom. The van der Waals surface area contributed by atoms with Crippen molar-refractivity contribution in [2.45, 2.75) is 32.7 Å². The lowest BCUT2D eigenvalue weighted by molar-refractivity contribution is -0.147. The summed E-state index contributed by atoms with van der Waals surface area (Å²) in [5, 5.41) is 2.75. The molecule has 0 aliphatic heterocycles. The summed E-state index contributed by atoms with van der Waals surface area (Å²) in [4.78, 5) is 22.2. The van der Waals surface area contributed by atoms with Gasteiger partial charge < -0.3 is 10.1 Å². The van der Waals surface area contributed by atoms with Crippen molar-refractivity contribution < 1.29 is 14.3 Å². The second-order valence-corrected chi connectivity index (χ2v) is 3.70. The highest BCUT2D eigenvalue weighted by atomic mass is 16.5. The Kier molecular flexibility index (Phi) is 4.34. The Morgan fingerprint density at radius 3 is 2.80 bits per heavy atom. The number of ether oxygens (including phenoxy) is 1. The van der Waals surface area contributed by atoms with Gasteiger partial charge in [-0.15, -0.1) is 0 Å². The maximum atomic E-state index is 11.4. The van der Waals surface area contributed by atoms with E-state index in [1.807, 2.05) is 13.0 Å². The Hall–Kier alpha value is -1.32. The van der Waals surface area contributed by atoms with E-state index in [2.05, 4.69) is 5.32 Å². The largest absolute Gasteiger partial charge is 0.465 e. The summed E-state index contributed by atoms with van der Waals surface area (Å²) in [7, 11) is 0. The van der Waals surface area contributed by atoms with Gasteiger partial charge in [0.15, 0.2) is 0 Å². The van der Waals surface area contributed by atoms with Crippen LogP contribution in [0, 0.1) is 5.92 Å². The van der Waals surface area contributed by atoms with Crippen LogP contribution in [-0.2, 0) is 14.3 Å². The predicted octanol–water partition coefficient (Wildman–Crippen LogP) is 1.02. The van der Waals surface area contributed by atoms with Gasteiger partial charge in [0, 0.05) is 13.0 Å². The Balaban J connectivity index is 2.33. The fourth-order valence-corrected chi connectivity index (χ4v) is 1.55. The minimum absolute atomic E-state index is 0.0262. The first-order valence-electron chi connectivity index (χ1n) is 5.25. The smallest absolute Gasteiger partial charge is 0.312 e. The molecule has 0 aromatic heterocycles. The molecule has 0 saturated carbocycles. The summed E-state index contributed by atoms with van der Waals surface area (Å²) in [5.41, 5.74) is 0. The van der Waals surface area contributed by atoms with E-state index in [-0.39, 0.29) is 23.8 Å². The van der Waals surface area contributed by atoms with Gasteiger partial charge in [-0.2, -0.15) is 0 Å². The Morgan fingerprint density at radius 1 is 1.47 bits per heavy atom. The van der Waals surface area contributed by atoms with Crippen LogP contribution >= 0.6 is 0 Å². The lowest BCUT2D eigenvalue weighted by Crippen LogP contribution is -2.31. The minimum Gasteiger partial charge on any atom is -0.465 e. The number of rotatable bonds is 4. The molecule has 2 atom stereocenters. The lowest BCUT2D eigenvalue weighted by Gasteiger charge is -2.11. The normalized spacial score (nSPS) is 23.9. The minimum atomic E-state index is -0.201. The highest BCUT2D eigenvalue weighted by Crippen LogP contribution is 2.19. The van der Waals surface area contributed by atoms with Crippen LogP contribution in [0.4, 0.5) is 0 Å². The van der Waals surface area contributed by atoms with Gasteiger partial charge in [-0.1, -0.05) is 19.1 Å². The Bertz CT molecular complexity index is 273. The molecule has 0 saturated heterocycles. The number of carbonyl (C=O) groups excluding carboxylic acids is 2. The predicted molar refractivity (Wildman–Crippen MR) is 56.1 cm³/mol. The SMILES string of the molecule is CCCOC(=O)[C@H]1C=C[C@@H](NC(C)=O)C1. The van der Waals surface area contributed by atoms with Crippen molar-refractivity contribution in [2.24, 2.45) is 5.92 Å². The second-order valence-electron chi connectivity index (χ2n) is 3.70. The van der Waals surface area contributed by atoms with Gasteiger partial charge in [0.05, 0.1) is 12.5 Å². The number of nitrogens with one attached hydrogen (secondary N) is 1. The van der Waals surface area contributed by atoms with Crippen LogP contribution in [0.2, 0.25) is 0 Å². The molecule has 15 heavy (non-hydrogen) atoms. The van der Waals surface area contributed by atoms with Gasteiger partial charge in [0.2, 0.25) is 5.91 Å². The van der Waals surface area contributed by atoms with Crippen LogP contribution in [0.5, 0.6) is 0 Å². The van der Waals surface area contributed by atoms with Crippen LogP contribution in [0.1, 0.15) is 26.7 Å². The molecule has 0 fully saturated rings. The van der Waals surface area contributed by atoms with Gasteiger partial charge in [-0.05, 0) is 12.8 Å². The first kappa shape index (κ1) is 11.8. The fourth-order valence-electron chi connectivity index (χ4n) is 1.55. The van der Waals surface area contributed by atoms with Crippen LogP contribution in [0.25, 0.3) is 0 Å². The topological polar surface area (TPSA) is 55.4 Å². The molecule has 0 aromatic carbocycles. The molecule has 84 valence electrons. The highest BCUT2D eigenvalue weighted by molar-refractivity contribution is 5.77. The summed E-state index contributed by atoms with van der Waals surface area (Å²) in [5.74, 6) is -0.471. The quantitative estimate of drug-likeness (QED) is 0.558. The molecule has 0 radical (unpaired) electrons. The zero-order valence-corrected chi connectivity index (χ0v) is 9.16. The van der Waals surface area contributed by atoms with E-state index >= 15 is 0 Å². The molecular weight excluding hydrogens is 194 g/mol. The fraction of sp³-hybridized carbons (Fsp3) is 0.636. The molecule has 1 aliphatic carbocycles. The van der Waals surface area contributed by atoms with E-state index in [9.17, 15) is 9.59 Å². The monoisotopic (exact) mass is 211 g/mol. The summed E-state index contributed by atoms with van der Waals surface area (Å²) in [6, 6.07) is -0.0262. The third kappa shape index (κ3) is 3.73. The molecule has 4 nitrogen and oxygen atoms in total. The number of amides is 1. The summed E-state index contributed by atoms with van der Waals surface area (Å²) >= 11 is 0. The molecule has 1 rings (SSSR count). The van der Waals surface area contributed by atoms with E-state index in [4.69, 9.17) is 4.74 Å². The average molecular weight is 211 g/mol. The van der Waals surface area contributed by atoms with E-state index < -0.39 is 0 Å². The average Bonchev–Trinajstić information content (AvgIpc) is 2.61. The van der Waals surface area contributed by atoms with Crippen LogP contribution in [0.3, 0.4) is 0 Å². The van der Waals surface area contributed by atoms with E-state index in [0.29, 0.717) is 13.0 Å². The molecule has 0 unspecified atom stereocenters. The molecule has 1 amide bonds. The van der Waals surface area contributed by atoms with Crippen molar-refractivity contribution in [1.82, 2.24) is 5.32 Å². The maximum Gasteiger partial charge on any atom is 0.312 e. The summed E-state index contributed by atoms with van der Waals surface area (Å²) in [6.45, 7) is 3.89. The van der Waals surface area contributed by atoms with Gasteiger partial charge >= 0.3 is 5.97 Å². The second kappa shape index (κ2) is 5.53. The molecule has 1 aliphatic rings. The van der Waals surface area contributed by atoms with Crippen molar-refractivity contribution in [1.29, 1.82) is 0 Å². The van der Waals surface area contributed by atoms with Crippen LogP contribution in [0.15, 0.2) is 12.2 Å². The summed E-state index contributed by atoms with van der Waals surface area (Å²) < 4.78 is 5.03. The summed E-state index contributed by atoms with van der Waals surface area (Å²) in [6.07, 6.45) is 5.09. The van der Waals surface area contributed by atoms with Crippen molar-refractivity contribution >= 4 is 11.9 Å². The van der Waals surface area contributed by atoms with E-state index in [1.165, 1.54) is 6.92 Å². The van der Waals surface area contributed by atoms with Crippen molar-refractivity contribution in [3.8, 4) is 0 Å². The zero-order chi connectivity index (χ0) is 11.3. The number of hydrogen-bond acceptors (Lipinski definition) is 3. The van der Waals surface area contributed by atoms with Crippen LogP contribution < -0.4 is 5.32 Å². The zero-order valence-electron chi connectivity index (χ0n) is 9.16. The van der Waals surface area contributed by atoms with Gasteiger partial charge in [-0.3, -0.25) is 9.59 Å². The van der Waals surface area contributed by atoms with Crippen molar-refractivity contribution in [2.75, 3.05) is 6.61 Å². The molecule has 4 heteroatoms. The van der Waals surface area contributed by atoms with E-state index in [0.717, 1.165) is 6.42 Å². The molecular formula is C11H17NO3. The third-order valence-electron chi connectivity index (χ3n) is 2.22. The standard InChI is InChI=1S/C11H17NO3/c1-3-6-15-11(14)9-4-5-10(7-9)12-8(2)13/h4-5,9-10H,3,6-7H2,1-2H3,(H,12,13)/t9-,10+/m0/s1. The third-order valence-corrected chi connectivity index (χ3v) is 2.22. The number of esters is 1. The number of carbonyl (C=O) groups is 2. The maximum absolute atomic E-state index is 11.4. The van der Waals surface area contributed by atoms with Gasteiger partial charge in [0.1, 0.15) is 0 Å². The van der Waals surface area contributed by atoms with Crippen LogP contribution in [-0.4, -0.2) is 24.5 Å². The van der Waals surface area contributed by atoms with E-state index in [1.54, 1.807) is 6.08 Å².